The van der Waals surface area contributed by atoms with Gasteiger partial charge in [0.15, 0.2) is 0 Å². The summed E-state index contributed by atoms with van der Waals surface area (Å²) in [6, 6.07) is 12.2. The molecule has 9 heteroatoms. The Morgan fingerprint density at radius 2 is 1.56 bits per heavy atom. The number of sulfonamides is 1. The van der Waals surface area contributed by atoms with Gasteiger partial charge in [-0.15, -0.1) is 0 Å². The number of piperidine rings is 1. The van der Waals surface area contributed by atoms with Crippen molar-refractivity contribution < 1.29 is 18.0 Å². The van der Waals surface area contributed by atoms with Crippen molar-refractivity contribution in [3.05, 3.63) is 59.1 Å². The average Bonchev–Trinajstić information content (AvgIpc) is 2.81. The number of carbonyl (C=O) groups excluding carboxylic acids is 2. The highest BCUT2D eigenvalue weighted by Gasteiger charge is 2.29. The normalized spacial score (nSPS) is 14.8. The molecule has 1 N–H and O–H groups in total. The largest absolute Gasteiger partial charge is 0.343 e. The van der Waals surface area contributed by atoms with Gasteiger partial charge < -0.3 is 9.80 Å². The second kappa shape index (κ2) is 10.4. The fraction of sp³-hybridized carbons (Fsp3) is 0.391. The number of nitrogens with one attached hydrogen (secondary N) is 1. The van der Waals surface area contributed by atoms with Crippen molar-refractivity contribution in [3.8, 4) is 0 Å². The van der Waals surface area contributed by atoms with Gasteiger partial charge in [0.25, 0.3) is 15.9 Å². The molecule has 1 heterocycles. The van der Waals surface area contributed by atoms with Crippen LogP contribution in [0.2, 0.25) is 5.02 Å². The van der Waals surface area contributed by atoms with E-state index in [9.17, 15) is 18.0 Å². The number of nitrogens with zero attached hydrogens (tertiary/aromatic N) is 2. The number of amides is 2. The van der Waals surface area contributed by atoms with E-state index in [1.807, 2.05) is 18.7 Å². The molecular formula is C23H28ClN3O4S. The summed E-state index contributed by atoms with van der Waals surface area (Å²) in [5.41, 5.74) is 0.820. The van der Waals surface area contributed by atoms with Gasteiger partial charge in [-0.1, -0.05) is 11.6 Å². The molecule has 0 saturated carbocycles. The summed E-state index contributed by atoms with van der Waals surface area (Å²) in [7, 11) is -3.78. The predicted octanol–water partition coefficient (Wildman–Crippen LogP) is 3.86. The first-order valence-electron chi connectivity index (χ1n) is 10.7. The molecular weight excluding hydrogens is 450 g/mol. The lowest BCUT2D eigenvalue weighted by molar-refractivity contribution is -0.136. The SMILES string of the molecule is CCN(CC)C(=O)C1CCN(C(=O)c2ccc(S(=O)(=O)Nc3ccc(Cl)cc3)cc2)CC1. The number of halogens is 1. The van der Waals surface area contributed by atoms with Crippen molar-refractivity contribution in [1.82, 2.24) is 9.80 Å². The van der Waals surface area contributed by atoms with Crippen LogP contribution in [0.1, 0.15) is 37.0 Å². The van der Waals surface area contributed by atoms with E-state index in [-0.39, 0.29) is 22.6 Å². The van der Waals surface area contributed by atoms with Crippen LogP contribution < -0.4 is 4.72 Å². The van der Waals surface area contributed by atoms with Gasteiger partial charge in [-0.2, -0.15) is 0 Å². The molecule has 0 aromatic heterocycles. The molecule has 0 unspecified atom stereocenters. The molecule has 2 amide bonds. The van der Waals surface area contributed by atoms with Gasteiger partial charge in [0.2, 0.25) is 5.91 Å². The molecule has 0 radical (unpaired) electrons. The molecule has 1 fully saturated rings. The third-order valence-corrected chi connectivity index (χ3v) is 7.36. The van der Waals surface area contributed by atoms with Crippen molar-refractivity contribution in [2.75, 3.05) is 30.9 Å². The maximum Gasteiger partial charge on any atom is 0.261 e. The van der Waals surface area contributed by atoms with Gasteiger partial charge in [-0.25, -0.2) is 8.42 Å². The molecule has 7 nitrogen and oxygen atoms in total. The van der Waals surface area contributed by atoms with Crippen LogP contribution in [-0.2, 0) is 14.8 Å². The Morgan fingerprint density at radius 3 is 2.09 bits per heavy atom. The van der Waals surface area contributed by atoms with E-state index in [0.29, 0.717) is 55.3 Å². The quantitative estimate of drug-likeness (QED) is 0.656. The maximum atomic E-state index is 12.9. The lowest BCUT2D eigenvalue weighted by atomic mass is 9.94. The molecule has 1 saturated heterocycles. The van der Waals surface area contributed by atoms with E-state index in [4.69, 9.17) is 11.6 Å². The molecule has 172 valence electrons. The summed E-state index contributed by atoms with van der Waals surface area (Å²) in [6.45, 7) is 6.33. The number of hydrogen-bond donors (Lipinski definition) is 1. The van der Waals surface area contributed by atoms with Crippen LogP contribution in [0, 0.1) is 5.92 Å². The van der Waals surface area contributed by atoms with Crippen LogP contribution in [0.15, 0.2) is 53.4 Å². The topological polar surface area (TPSA) is 86.8 Å². The summed E-state index contributed by atoms with van der Waals surface area (Å²) in [4.78, 5) is 29.0. The Balaban J connectivity index is 1.62. The fourth-order valence-corrected chi connectivity index (χ4v) is 5.00. The fourth-order valence-electron chi connectivity index (χ4n) is 3.81. The number of anilines is 1. The van der Waals surface area contributed by atoms with Crippen LogP contribution in [0.25, 0.3) is 0 Å². The molecule has 2 aromatic rings. The maximum absolute atomic E-state index is 12.9. The van der Waals surface area contributed by atoms with Crippen molar-refractivity contribution in [3.63, 3.8) is 0 Å². The zero-order chi connectivity index (χ0) is 23.3. The van der Waals surface area contributed by atoms with Crippen LogP contribution in [0.4, 0.5) is 5.69 Å². The average molecular weight is 478 g/mol. The molecule has 3 rings (SSSR count). The Hall–Kier alpha value is -2.58. The first-order chi connectivity index (χ1) is 15.2. The van der Waals surface area contributed by atoms with Gasteiger partial charge in [-0.05, 0) is 75.2 Å². The summed E-state index contributed by atoms with van der Waals surface area (Å²) >= 11 is 5.83. The second-order valence-corrected chi connectivity index (χ2v) is 9.83. The van der Waals surface area contributed by atoms with Crippen LogP contribution in [0.3, 0.4) is 0 Å². The second-order valence-electron chi connectivity index (χ2n) is 7.71. The van der Waals surface area contributed by atoms with Gasteiger partial charge >= 0.3 is 0 Å². The highest BCUT2D eigenvalue weighted by Crippen LogP contribution is 2.23. The predicted molar refractivity (Wildman–Crippen MR) is 125 cm³/mol. The summed E-state index contributed by atoms with van der Waals surface area (Å²) in [5.74, 6) is -0.0522. The Bertz CT molecular complexity index is 1040. The number of benzene rings is 2. The molecule has 0 aliphatic carbocycles. The van der Waals surface area contributed by atoms with Crippen molar-refractivity contribution in [2.24, 2.45) is 5.92 Å². The van der Waals surface area contributed by atoms with E-state index in [1.165, 1.54) is 24.3 Å². The molecule has 32 heavy (non-hydrogen) atoms. The van der Waals surface area contributed by atoms with Crippen LogP contribution in [0.5, 0.6) is 0 Å². The van der Waals surface area contributed by atoms with E-state index >= 15 is 0 Å². The van der Waals surface area contributed by atoms with Crippen LogP contribution >= 0.6 is 11.6 Å². The van der Waals surface area contributed by atoms with E-state index in [2.05, 4.69) is 4.72 Å². The smallest absolute Gasteiger partial charge is 0.261 e. The van der Waals surface area contributed by atoms with Gasteiger partial charge in [0, 0.05) is 48.4 Å². The minimum absolute atomic E-state index is 0.0505. The third-order valence-electron chi connectivity index (χ3n) is 5.71. The molecule has 0 bridgehead atoms. The van der Waals surface area contributed by atoms with Gasteiger partial charge in [0.05, 0.1) is 4.90 Å². The zero-order valence-electron chi connectivity index (χ0n) is 18.3. The molecule has 0 atom stereocenters. The van der Waals surface area contributed by atoms with Crippen LogP contribution in [-0.4, -0.2) is 56.2 Å². The Labute approximate surface area is 194 Å². The number of carbonyl (C=O) groups is 2. The lowest BCUT2D eigenvalue weighted by Gasteiger charge is -2.33. The number of hydrogen-bond acceptors (Lipinski definition) is 4. The molecule has 1 aliphatic heterocycles. The van der Waals surface area contributed by atoms with Gasteiger partial charge in [0.1, 0.15) is 0 Å². The van der Waals surface area contributed by atoms with E-state index < -0.39 is 10.0 Å². The van der Waals surface area contributed by atoms with Crippen molar-refractivity contribution >= 4 is 39.1 Å². The minimum Gasteiger partial charge on any atom is -0.343 e. The van der Waals surface area contributed by atoms with Crippen molar-refractivity contribution in [1.29, 1.82) is 0 Å². The summed E-state index contributed by atoms with van der Waals surface area (Å²) < 4.78 is 27.7. The lowest BCUT2D eigenvalue weighted by Crippen LogP contribution is -2.44. The monoisotopic (exact) mass is 477 g/mol. The zero-order valence-corrected chi connectivity index (χ0v) is 19.8. The highest BCUT2D eigenvalue weighted by atomic mass is 35.5. The molecule has 0 spiro atoms. The summed E-state index contributed by atoms with van der Waals surface area (Å²) in [6.07, 6.45) is 1.27. The minimum atomic E-state index is -3.78. The Kier molecular flexibility index (Phi) is 7.79. The standard InChI is InChI=1S/C23H28ClN3O4S/c1-3-26(4-2)22(28)18-13-15-27(16-14-18)23(29)17-5-11-21(12-6-17)32(30,31)25-20-9-7-19(24)8-10-20/h5-12,18,25H,3-4,13-16H2,1-2H3. The van der Waals surface area contributed by atoms with E-state index in [0.717, 1.165) is 0 Å². The number of likely N-dealkylation sites (tertiary alicyclic amines) is 1. The summed E-state index contributed by atoms with van der Waals surface area (Å²) in [5, 5.41) is 0.511. The van der Waals surface area contributed by atoms with Gasteiger partial charge in [-0.3, -0.25) is 14.3 Å². The highest BCUT2D eigenvalue weighted by molar-refractivity contribution is 7.92. The third kappa shape index (κ3) is 5.61. The first-order valence-corrected chi connectivity index (χ1v) is 12.6. The van der Waals surface area contributed by atoms with Crippen molar-refractivity contribution in [2.45, 2.75) is 31.6 Å². The molecule has 1 aliphatic rings. The number of rotatable bonds is 7. The molecule has 2 aromatic carbocycles. The first kappa shape index (κ1) is 24.1. The Morgan fingerprint density at radius 1 is 1.00 bits per heavy atom. The van der Waals surface area contributed by atoms with E-state index in [1.54, 1.807) is 29.2 Å².